The maximum atomic E-state index is 12.1. The van der Waals surface area contributed by atoms with Crippen LogP contribution in [0.4, 0.5) is 0 Å². The van der Waals surface area contributed by atoms with Gasteiger partial charge in [0.2, 0.25) is 10.0 Å². The SMILES string of the molecule is COCCCCNS(=O)(=O)c1cc(CN)ccc1Cl. The van der Waals surface area contributed by atoms with Crippen LogP contribution in [-0.4, -0.2) is 28.7 Å². The maximum Gasteiger partial charge on any atom is 0.242 e. The summed E-state index contributed by atoms with van der Waals surface area (Å²) in [6.45, 7) is 1.24. The summed E-state index contributed by atoms with van der Waals surface area (Å²) in [6, 6.07) is 4.75. The molecule has 0 saturated heterocycles. The van der Waals surface area contributed by atoms with Crippen molar-refractivity contribution in [2.45, 2.75) is 24.3 Å². The molecule has 0 aromatic heterocycles. The molecular formula is C12H19ClN2O3S. The predicted molar refractivity (Wildman–Crippen MR) is 75.6 cm³/mol. The van der Waals surface area contributed by atoms with Crippen molar-refractivity contribution in [3.63, 3.8) is 0 Å². The third-order valence-electron chi connectivity index (χ3n) is 2.59. The van der Waals surface area contributed by atoms with E-state index in [1.54, 1.807) is 19.2 Å². The van der Waals surface area contributed by atoms with Crippen molar-refractivity contribution in [1.29, 1.82) is 0 Å². The lowest BCUT2D eigenvalue weighted by atomic mass is 10.2. The minimum atomic E-state index is -3.59. The number of benzene rings is 1. The van der Waals surface area contributed by atoms with Gasteiger partial charge in [-0.3, -0.25) is 0 Å². The monoisotopic (exact) mass is 306 g/mol. The number of sulfonamides is 1. The van der Waals surface area contributed by atoms with Gasteiger partial charge in [-0.15, -0.1) is 0 Å². The number of methoxy groups -OCH3 is 1. The maximum absolute atomic E-state index is 12.1. The Kier molecular flexibility index (Phi) is 6.74. The van der Waals surface area contributed by atoms with Crippen LogP contribution in [0.25, 0.3) is 0 Å². The van der Waals surface area contributed by atoms with Gasteiger partial charge in [0, 0.05) is 26.8 Å². The number of unbranched alkanes of at least 4 members (excludes halogenated alkanes) is 1. The molecule has 0 heterocycles. The minimum absolute atomic E-state index is 0.0730. The summed E-state index contributed by atoms with van der Waals surface area (Å²) >= 11 is 5.92. The average Bonchev–Trinajstić information content (AvgIpc) is 2.39. The molecule has 1 aromatic rings. The van der Waals surface area contributed by atoms with Crippen molar-refractivity contribution in [2.24, 2.45) is 5.73 Å². The number of ether oxygens (including phenoxy) is 1. The highest BCUT2D eigenvalue weighted by Gasteiger charge is 2.17. The van der Waals surface area contributed by atoms with E-state index in [0.717, 1.165) is 12.0 Å². The van der Waals surface area contributed by atoms with E-state index < -0.39 is 10.0 Å². The molecule has 3 N–H and O–H groups in total. The van der Waals surface area contributed by atoms with E-state index in [1.807, 2.05) is 0 Å². The number of halogens is 1. The normalized spacial score (nSPS) is 11.7. The molecule has 1 aromatic carbocycles. The van der Waals surface area contributed by atoms with Gasteiger partial charge in [0.05, 0.1) is 5.02 Å². The Morgan fingerprint density at radius 3 is 2.74 bits per heavy atom. The lowest BCUT2D eigenvalue weighted by Gasteiger charge is -2.09. The highest BCUT2D eigenvalue weighted by Crippen LogP contribution is 2.22. The van der Waals surface area contributed by atoms with Crippen LogP contribution in [-0.2, 0) is 21.3 Å². The van der Waals surface area contributed by atoms with Gasteiger partial charge < -0.3 is 10.5 Å². The fourth-order valence-corrected chi connectivity index (χ4v) is 3.16. The molecule has 0 unspecified atom stereocenters. The third-order valence-corrected chi connectivity index (χ3v) is 4.53. The second kappa shape index (κ2) is 7.81. The third kappa shape index (κ3) is 5.08. The molecule has 108 valence electrons. The molecule has 0 amide bonds. The fourth-order valence-electron chi connectivity index (χ4n) is 1.54. The Morgan fingerprint density at radius 2 is 2.11 bits per heavy atom. The molecule has 0 aliphatic carbocycles. The molecule has 0 aliphatic heterocycles. The Balaban J connectivity index is 2.71. The number of nitrogens with two attached hydrogens (primary N) is 1. The summed E-state index contributed by atoms with van der Waals surface area (Å²) < 4.78 is 31.6. The first-order valence-electron chi connectivity index (χ1n) is 5.98. The molecule has 0 atom stereocenters. The van der Waals surface area contributed by atoms with Crippen LogP contribution in [0.1, 0.15) is 18.4 Å². The zero-order chi connectivity index (χ0) is 14.3. The molecule has 19 heavy (non-hydrogen) atoms. The van der Waals surface area contributed by atoms with E-state index in [-0.39, 0.29) is 16.5 Å². The van der Waals surface area contributed by atoms with E-state index in [9.17, 15) is 8.42 Å². The van der Waals surface area contributed by atoms with E-state index >= 15 is 0 Å². The highest BCUT2D eigenvalue weighted by molar-refractivity contribution is 7.89. The highest BCUT2D eigenvalue weighted by atomic mass is 35.5. The predicted octanol–water partition coefficient (Wildman–Crippen LogP) is 1.50. The van der Waals surface area contributed by atoms with Crippen molar-refractivity contribution in [3.05, 3.63) is 28.8 Å². The van der Waals surface area contributed by atoms with Crippen molar-refractivity contribution in [3.8, 4) is 0 Å². The first kappa shape index (κ1) is 16.4. The van der Waals surface area contributed by atoms with Gasteiger partial charge in [-0.1, -0.05) is 17.7 Å². The molecule has 7 heteroatoms. The number of hydrogen-bond acceptors (Lipinski definition) is 4. The summed E-state index contributed by atoms with van der Waals surface area (Å²) in [7, 11) is -1.98. The molecule has 5 nitrogen and oxygen atoms in total. The number of nitrogens with one attached hydrogen (secondary N) is 1. The molecule has 1 rings (SSSR count). The van der Waals surface area contributed by atoms with Crippen molar-refractivity contribution >= 4 is 21.6 Å². The van der Waals surface area contributed by atoms with Gasteiger partial charge >= 0.3 is 0 Å². The smallest absolute Gasteiger partial charge is 0.242 e. The van der Waals surface area contributed by atoms with Gasteiger partial charge in [0.15, 0.2) is 0 Å². The lowest BCUT2D eigenvalue weighted by Crippen LogP contribution is -2.25. The zero-order valence-corrected chi connectivity index (χ0v) is 12.4. The molecule has 0 fully saturated rings. The van der Waals surface area contributed by atoms with Gasteiger partial charge in [0.25, 0.3) is 0 Å². The van der Waals surface area contributed by atoms with Crippen LogP contribution >= 0.6 is 11.6 Å². The molecular weight excluding hydrogens is 288 g/mol. The van der Waals surface area contributed by atoms with E-state index in [4.69, 9.17) is 22.1 Å². The second-order valence-electron chi connectivity index (χ2n) is 4.07. The van der Waals surface area contributed by atoms with Gasteiger partial charge in [-0.05, 0) is 30.5 Å². The number of hydrogen-bond donors (Lipinski definition) is 2. The molecule has 0 aliphatic rings. The summed E-state index contributed by atoms with van der Waals surface area (Å²) in [5.41, 5.74) is 6.22. The molecule has 0 bridgehead atoms. The van der Waals surface area contributed by atoms with Crippen LogP contribution in [0, 0.1) is 0 Å². The largest absolute Gasteiger partial charge is 0.385 e. The average molecular weight is 307 g/mol. The molecule has 0 saturated carbocycles. The van der Waals surface area contributed by atoms with E-state index in [1.165, 1.54) is 6.07 Å². The summed E-state index contributed by atoms with van der Waals surface area (Å²) in [5, 5.41) is 0.196. The van der Waals surface area contributed by atoms with E-state index in [2.05, 4.69) is 4.72 Å². The van der Waals surface area contributed by atoms with Crippen molar-refractivity contribution in [2.75, 3.05) is 20.3 Å². The molecule has 0 radical (unpaired) electrons. The summed E-state index contributed by atoms with van der Waals surface area (Å²) in [4.78, 5) is 0.0730. The van der Waals surface area contributed by atoms with Crippen LogP contribution in [0.3, 0.4) is 0 Å². The quantitative estimate of drug-likeness (QED) is 0.713. The molecule has 0 spiro atoms. The standard InChI is InChI=1S/C12H19ClN2O3S/c1-18-7-3-2-6-15-19(16,17)12-8-10(9-14)4-5-11(12)13/h4-5,8,15H,2-3,6-7,9,14H2,1H3. The number of rotatable bonds is 8. The van der Waals surface area contributed by atoms with Crippen LogP contribution in [0.15, 0.2) is 23.1 Å². The minimum Gasteiger partial charge on any atom is -0.385 e. The van der Waals surface area contributed by atoms with Gasteiger partial charge in [0.1, 0.15) is 4.90 Å². The Morgan fingerprint density at radius 1 is 1.37 bits per heavy atom. The Labute approximate surface area is 119 Å². The zero-order valence-electron chi connectivity index (χ0n) is 10.9. The van der Waals surface area contributed by atoms with Crippen LogP contribution in [0.2, 0.25) is 5.02 Å². The van der Waals surface area contributed by atoms with E-state index in [0.29, 0.717) is 19.6 Å². The Hall–Kier alpha value is -0.660. The van der Waals surface area contributed by atoms with Crippen molar-refractivity contribution < 1.29 is 13.2 Å². The topological polar surface area (TPSA) is 81.4 Å². The summed E-state index contributed by atoms with van der Waals surface area (Å²) in [5.74, 6) is 0. The Bertz CT molecular complexity index is 506. The summed E-state index contributed by atoms with van der Waals surface area (Å²) in [6.07, 6.45) is 1.51. The van der Waals surface area contributed by atoms with Crippen LogP contribution < -0.4 is 10.5 Å². The first-order valence-corrected chi connectivity index (χ1v) is 7.84. The lowest BCUT2D eigenvalue weighted by molar-refractivity contribution is 0.193. The fraction of sp³-hybridized carbons (Fsp3) is 0.500. The van der Waals surface area contributed by atoms with Crippen LogP contribution in [0.5, 0.6) is 0 Å². The first-order chi connectivity index (χ1) is 9.01. The van der Waals surface area contributed by atoms with Crippen molar-refractivity contribution in [1.82, 2.24) is 4.72 Å². The van der Waals surface area contributed by atoms with Gasteiger partial charge in [-0.2, -0.15) is 0 Å². The second-order valence-corrected chi connectivity index (χ2v) is 6.21. The van der Waals surface area contributed by atoms with Gasteiger partial charge in [-0.25, -0.2) is 13.1 Å².